The first-order chi connectivity index (χ1) is 13.8. The molecule has 1 fully saturated rings. The van der Waals surface area contributed by atoms with Crippen LogP contribution in [0.1, 0.15) is 22.8 Å². The molecule has 1 heterocycles. The lowest BCUT2D eigenvalue weighted by Gasteiger charge is -2.09. The molecular weight excluding hydrogens is 460 g/mol. The highest BCUT2D eigenvalue weighted by molar-refractivity contribution is 9.10. The van der Waals surface area contributed by atoms with Crippen LogP contribution < -0.4 is 4.74 Å². The predicted octanol–water partition coefficient (Wildman–Crippen LogP) is 4.49. The van der Waals surface area contributed by atoms with Gasteiger partial charge in [0, 0.05) is 7.05 Å². The maximum absolute atomic E-state index is 12.6. The monoisotopic (exact) mass is 476 g/mol. The summed E-state index contributed by atoms with van der Waals surface area (Å²) >= 11 is 4.47. The average molecular weight is 477 g/mol. The summed E-state index contributed by atoms with van der Waals surface area (Å²) in [7, 11) is 1.61. The largest absolute Gasteiger partial charge is 0.503 e. The number of carboxylic acid groups (broad SMARTS) is 1. The van der Waals surface area contributed by atoms with E-state index in [0.29, 0.717) is 38.2 Å². The van der Waals surface area contributed by atoms with Crippen molar-refractivity contribution in [3.05, 3.63) is 56.9 Å². The van der Waals surface area contributed by atoms with Gasteiger partial charge in [-0.25, -0.2) is 9.79 Å². The maximum atomic E-state index is 12.6. The molecule has 9 heteroatoms. The highest BCUT2D eigenvalue weighted by atomic mass is 79.9. The Morgan fingerprint density at radius 2 is 2.10 bits per heavy atom. The summed E-state index contributed by atoms with van der Waals surface area (Å²) in [6.45, 7) is 2.20. The Kier molecular flexibility index (Phi) is 6.29. The highest BCUT2D eigenvalue weighted by Gasteiger charge is 2.30. The van der Waals surface area contributed by atoms with Crippen molar-refractivity contribution in [2.45, 2.75) is 6.92 Å². The van der Waals surface area contributed by atoms with Crippen molar-refractivity contribution in [3.63, 3.8) is 0 Å². The van der Waals surface area contributed by atoms with E-state index in [1.807, 2.05) is 6.92 Å². The SMILES string of the molecule is CCOc1cc(/C=C2/SC(=Nc3cccc(C(=O)O)c3)N(C)C2=O)cc(Br)c1O. The van der Waals surface area contributed by atoms with E-state index in [1.54, 1.807) is 37.4 Å². The van der Waals surface area contributed by atoms with Gasteiger partial charge in [0.2, 0.25) is 0 Å². The number of hydrogen-bond donors (Lipinski definition) is 2. The molecule has 29 heavy (non-hydrogen) atoms. The minimum atomic E-state index is -1.04. The van der Waals surface area contributed by atoms with Crippen molar-refractivity contribution in [2.75, 3.05) is 13.7 Å². The average Bonchev–Trinajstić information content (AvgIpc) is 2.94. The fourth-order valence-corrected chi connectivity index (χ4v) is 4.01. The van der Waals surface area contributed by atoms with Crippen LogP contribution in [0.4, 0.5) is 5.69 Å². The zero-order valence-corrected chi connectivity index (χ0v) is 18.0. The molecule has 0 radical (unpaired) electrons. The van der Waals surface area contributed by atoms with Gasteiger partial charge in [-0.2, -0.15) is 0 Å². The summed E-state index contributed by atoms with van der Waals surface area (Å²) in [6, 6.07) is 9.53. The number of aromatic carboxylic acids is 1. The van der Waals surface area contributed by atoms with Crippen LogP contribution in [-0.2, 0) is 4.79 Å². The first-order valence-electron chi connectivity index (χ1n) is 8.55. The molecular formula is C20H17BrN2O5S. The Balaban J connectivity index is 1.93. The van der Waals surface area contributed by atoms with Gasteiger partial charge in [-0.1, -0.05) is 6.07 Å². The van der Waals surface area contributed by atoms with Crippen molar-refractivity contribution >= 4 is 56.5 Å². The van der Waals surface area contributed by atoms with Gasteiger partial charge in [-0.05, 0) is 76.6 Å². The van der Waals surface area contributed by atoms with E-state index in [-0.39, 0.29) is 17.2 Å². The van der Waals surface area contributed by atoms with E-state index in [1.165, 1.54) is 28.8 Å². The molecule has 0 aromatic heterocycles. The summed E-state index contributed by atoms with van der Waals surface area (Å²) in [5.74, 6) is -0.960. The first-order valence-corrected chi connectivity index (χ1v) is 10.2. The van der Waals surface area contributed by atoms with Gasteiger partial charge >= 0.3 is 5.97 Å². The van der Waals surface area contributed by atoms with E-state index in [0.717, 1.165) is 0 Å². The number of carbonyl (C=O) groups is 2. The number of hydrogen-bond acceptors (Lipinski definition) is 6. The Bertz CT molecular complexity index is 1050. The smallest absolute Gasteiger partial charge is 0.335 e. The van der Waals surface area contributed by atoms with E-state index in [2.05, 4.69) is 20.9 Å². The summed E-state index contributed by atoms with van der Waals surface area (Å²) < 4.78 is 5.88. The molecule has 1 aliphatic rings. The lowest BCUT2D eigenvalue weighted by Crippen LogP contribution is -2.23. The minimum absolute atomic E-state index is 0.00270. The zero-order chi connectivity index (χ0) is 21.1. The van der Waals surface area contributed by atoms with Crippen molar-refractivity contribution in [3.8, 4) is 11.5 Å². The molecule has 2 aromatic rings. The Morgan fingerprint density at radius 3 is 2.79 bits per heavy atom. The van der Waals surface area contributed by atoms with E-state index in [9.17, 15) is 14.7 Å². The molecule has 0 unspecified atom stereocenters. The van der Waals surface area contributed by atoms with Crippen molar-refractivity contribution in [1.29, 1.82) is 0 Å². The highest BCUT2D eigenvalue weighted by Crippen LogP contribution is 2.38. The van der Waals surface area contributed by atoms with Crippen LogP contribution in [-0.4, -0.2) is 45.8 Å². The first kappa shape index (κ1) is 20.9. The number of carboxylic acids is 1. The quantitative estimate of drug-likeness (QED) is 0.616. The van der Waals surface area contributed by atoms with Gasteiger partial charge in [-0.15, -0.1) is 0 Å². The van der Waals surface area contributed by atoms with Gasteiger partial charge < -0.3 is 14.9 Å². The van der Waals surface area contributed by atoms with Crippen LogP contribution in [0, 0.1) is 0 Å². The predicted molar refractivity (Wildman–Crippen MR) is 116 cm³/mol. The number of thioether (sulfide) groups is 1. The number of aromatic hydroxyl groups is 1. The minimum Gasteiger partial charge on any atom is -0.503 e. The lowest BCUT2D eigenvalue weighted by atomic mass is 10.2. The third kappa shape index (κ3) is 4.63. The van der Waals surface area contributed by atoms with Gasteiger partial charge in [0.15, 0.2) is 16.7 Å². The molecule has 0 spiro atoms. The molecule has 3 rings (SSSR count). The molecule has 2 N–H and O–H groups in total. The van der Waals surface area contributed by atoms with Gasteiger partial charge in [-0.3, -0.25) is 9.69 Å². The van der Waals surface area contributed by atoms with Crippen molar-refractivity contribution < 1.29 is 24.5 Å². The van der Waals surface area contributed by atoms with E-state index < -0.39 is 5.97 Å². The van der Waals surface area contributed by atoms with Crippen LogP contribution in [0.25, 0.3) is 6.08 Å². The maximum Gasteiger partial charge on any atom is 0.335 e. The molecule has 2 aromatic carbocycles. The van der Waals surface area contributed by atoms with Crippen LogP contribution in [0.3, 0.4) is 0 Å². The molecule has 150 valence electrons. The summed E-state index contributed by atoms with van der Waals surface area (Å²) in [5.41, 5.74) is 1.24. The van der Waals surface area contributed by atoms with Crippen LogP contribution in [0.2, 0.25) is 0 Å². The van der Waals surface area contributed by atoms with Gasteiger partial charge in [0.05, 0.1) is 27.2 Å². The number of nitrogens with zero attached hydrogens (tertiary/aromatic N) is 2. The Labute approximate surface area is 179 Å². The second kappa shape index (κ2) is 8.71. The fourth-order valence-electron chi connectivity index (χ4n) is 2.56. The number of benzene rings is 2. The number of halogens is 1. The molecule has 1 saturated heterocycles. The van der Waals surface area contributed by atoms with Crippen LogP contribution >= 0.6 is 27.7 Å². The zero-order valence-electron chi connectivity index (χ0n) is 15.5. The third-order valence-corrected chi connectivity index (χ3v) is 5.63. The summed E-state index contributed by atoms with van der Waals surface area (Å²) in [6.07, 6.45) is 1.69. The van der Waals surface area contributed by atoms with E-state index >= 15 is 0 Å². The van der Waals surface area contributed by atoms with Crippen molar-refractivity contribution in [2.24, 2.45) is 4.99 Å². The number of rotatable bonds is 5. The fraction of sp³-hybridized carbons (Fsp3) is 0.150. The molecule has 0 bridgehead atoms. The normalized spacial score (nSPS) is 16.7. The number of likely N-dealkylation sites (N-methyl/N-ethyl adjacent to an activating group) is 1. The number of ether oxygens (including phenoxy) is 1. The number of phenolic OH excluding ortho intramolecular Hbond substituents is 1. The number of carbonyl (C=O) groups excluding carboxylic acids is 1. The summed E-state index contributed by atoms with van der Waals surface area (Å²) in [5, 5.41) is 19.6. The van der Waals surface area contributed by atoms with Gasteiger partial charge in [0.25, 0.3) is 5.91 Å². The van der Waals surface area contributed by atoms with Crippen molar-refractivity contribution in [1.82, 2.24) is 4.90 Å². The Hall–Kier alpha value is -2.78. The molecule has 0 saturated carbocycles. The van der Waals surface area contributed by atoms with Gasteiger partial charge in [0.1, 0.15) is 0 Å². The number of amidine groups is 1. The lowest BCUT2D eigenvalue weighted by molar-refractivity contribution is -0.121. The second-order valence-corrected chi connectivity index (χ2v) is 7.87. The topological polar surface area (TPSA) is 99.4 Å². The number of aliphatic imine (C=N–C) groups is 1. The molecule has 7 nitrogen and oxygen atoms in total. The number of amides is 1. The molecule has 0 atom stereocenters. The molecule has 0 aliphatic carbocycles. The Morgan fingerprint density at radius 1 is 1.34 bits per heavy atom. The molecule has 1 aliphatic heterocycles. The summed E-state index contributed by atoms with van der Waals surface area (Å²) in [4.78, 5) is 30.0. The van der Waals surface area contributed by atoms with E-state index in [4.69, 9.17) is 9.84 Å². The van der Waals surface area contributed by atoms with Crippen LogP contribution in [0.5, 0.6) is 11.5 Å². The molecule has 1 amide bonds. The second-order valence-electron chi connectivity index (χ2n) is 6.01. The third-order valence-electron chi connectivity index (χ3n) is 3.97. The van der Waals surface area contributed by atoms with Crippen LogP contribution in [0.15, 0.2) is 50.8 Å². The standard InChI is InChI=1S/C20H17BrN2O5S/c1-3-28-15-8-11(7-14(21)17(15)24)9-16-18(25)23(2)20(29-16)22-13-6-4-5-12(10-13)19(26)27/h4-10,24H,3H2,1-2H3,(H,26,27)/b16-9+,22-20?. The number of phenols is 1.